The molecule has 0 bridgehead atoms. The lowest BCUT2D eigenvalue weighted by Crippen LogP contribution is -2.38. The molecule has 1 aromatic heterocycles. The minimum atomic E-state index is -0.442. The lowest BCUT2D eigenvalue weighted by molar-refractivity contribution is 0.412. The Bertz CT molecular complexity index is 620. The van der Waals surface area contributed by atoms with Crippen LogP contribution in [0.15, 0.2) is 40.0 Å². The van der Waals surface area contributed by atoms with Crippen LogP contribution in [-0.2, 0) is 13.0 Å². The number of benzene rings is 1. The first-order valence-electron chi connectivity index (χ1n) is 7.04. The molecule has 1 heterocycles. The zero-order valence-corrected chi connectivity index (χ0v) is 15.0. The maximum atomic E-state index is 13.5. The van der Waals surface area contributed by atoms with Gasteiger partial charge < -0.3 is 15.2 Å². The van der Waals surface area contributed by atoms with Crippen LogP contribution in [0.3, 0.4) is 0 Å². The number of guanidine groups is 1. The van der Waals surface area contributed by atoms with Gasteiger partial charge in [0.15, 0.2) is 5.96 Å². The number of hydrogen-bond acceptors (Lipinski definition) is 3. The van der Waals surface area contributed by atoms with Crippen LogP contribution in [0.25, 0.3) is 0 Å². The highest BCUT2D eigenvalue weighted by Gasteiger charge is 2.05. The van der Waals surface area contributed by atoms with E-state index < -0.39 is 11.6 Å². The molecule has 5 nitrogen and oxygen atoms in total. The Kier molecular flexibility index (Phi) is 8.52. The van der Waals surface area contributed by atoms with Crippen LogP contribution >= 0.6 is 24.0 Å². The van der Waals surface area contributed by atoms with E-state index in [-0.39, 0.29) is 24.0 Å². The Morgan fingerprint density at radius 3 is 2.78 bits per heavy atom. The number of nitrogens with one attached hydrogen (secondary N) is 2. The maximum absolute atomic E-state index is 13.5. The van der Waals surface area contributed by atoms with Gasteiger partial charge in [-0.25, -0.2) is 13.8 Å². The van der Waals surface area contributed by atoms with Gasteiger partial charge in [0.05, 0.1) is 6.54 Å². The maximum Gasteiger partial charge on any atom is 0.191 e. The predicted octanol–water partition coefficient (Wildman–Crippen LogP) is 2.87. The SMILES string of the molecule is CCNC(=NCc1ccon1)NCCc1cc(F)ccc1F.I. The molecule has 0 aliphatic rings. The first-order valence-corrected chi connectivity index (χ1v) is 7.04. The van der Waals surface area contributed by atoms with E-state index in [1.807, 2.05) is 6.92 Å². The summed E-state index contributed by atoms with van der Waals surface area (Å²) in [5.74, 6) is -0.266. The highest BCUT2D eigenvalue weighted by molar-refractivity contribution is 14.0. The van der Waals surface area contributed by atoms with Crippen molar-refractivity contribution >= 4 is 29.9 Å². The third-order valence-electron chi connectivity index (χ3n) is 2.93. The van der Waals surface area contributed by atoms with E-state index in [4.69, 9.17) is 4.52 Å². The van der Waals surface area contributed by atoms with Crippen molar-refractivity contribution in [3.05, 3.63) is 53.4 Å². The van der Waals surface area contributed by atoms with Crippen molar-refractivity contribution < 1.29 is 13.3 Å². The van der Waals surface area contributed by atoms with Crippen molar-refractivity contribution in [1.82, 2.24) is 15.8 Å². The summed E-state index contributed by atoms with van der Waals surface area (Å²) >= 11 is 0. The zero-order valence-electron chi connectivity index (χ0n) is 12.7. The highest BCUT2D eigenvalue weighted by atomic mass is 127. The summed E-state index contributed by atoms with van der Waals surface area (Å²) < 4.78 is 31.3. The van der Waals surface area contributed by atoms with Gasteiger partial charge in [0.2, 0.25) is 0 Å². The van der Waals surface area contributed by atoms with Crippen LogP contribution in [0.5, 0.6) is 0 Å². The van der Waals surface area contributed by atoms with Gasteiger partial charge in [0.25, 0.3) is 0 Å². The fourth-order valence-electron chi connectivity index (χ4n) is 1.87. The summed E-state index contributed by atoms with van der Waals surface area (Å²) in [5, 5.41) is 9.91. The molecule has 0 fully saturated rings. The molecule has 1 aromatic carbocycles. The lowest BCUT2D eigenvalue weighted by atomic mass is 10.1. The van der Waals surface area contributed by atoms with Crippen molar-refractivity contribution in [2.75, 3.05) is 13.1 Å². The summed E-state index contributed by atoms with van der Waals surface area (Å²) in [6.07, 6.45) is 1.84. The van der Waals surface area contributed by atoms with Crippen molar-refractivity contribution in [3.63, 3.8) is 0 Å². The molecule has 0 saturated carbocycles. The molecule has 0 aliphatic heterocycles. The number of aliphatic imine (C=N–C) groups is 1. The number of halogens is 3. The van der Waals surface area contributed by atoms with Crippen LogP contribution in [0.2, 0.25) is 0 Å². The molecule has 0 radical (unpaired) electrons. The van der Waals surface area contributed by atoms with Crippen molar-refractivity contribution in [3.8, 4) is 0 Å². The average Bonchev–Trinajstić information content (AvgIpc) is 3.01. The summed E-state index contributed by atoms with van der Waals surface area (Å²) in [4.78, 5) is 4.33. The molecule has 0 atom stereocenters. The van der Waals surface area contributed by atoms with Gasteiger partial charge in [0.1, 0.15) is 23.6 Å². The van der Waals surface area contributed by atoms with E-state index in [9.17, 15) is 8.78 Å². The van der Waals surface area contributed by atoms with Gasteiger partial charge in [-0.3, -0.25) is 0 Å². The summed E-state index contributed by atoms with van der Waals surface area (Å²) in [6.45, 7) is 3.45. The van der Waals surface area contributed by atoms with E-state index in [1.54, 1.807) is 6.07 Å². The Balaban J connectivity index is 0.00000264. The minimum Gasteiger partial charge on any atom is -0.364 e. The van der Waals surface area contributed by atoms with E-state index in [0.717, 1.165) is 12.1 Å². The van der Waals surface area contributed by atoms with Crippen molar-refractivity contribution in [2.24, 2.45) is 4.99 Å². The fourth-order valence-corrected chi connectivity index (χ4v) is 1.87. The third-order valence-corrected chi connectivity index (χ3v) is 2.93. The lowest BCUT2D eigenvalue weighted by Gasteiger charge is -2.11. The number of nitrogens with zero attached hydrogens (tertiary/aromatic N) is 2. The van der Waals surface area contributed by atoms with E-state index in [1.165, 1.54) is 12.3 Å². The van der Waals surface area contributed by atoms with Crippen LogP contribution in [0.4, 0.5) is 8.78 Å². The molecule has 0 aliphatic carbocycles. The van der Waals surface area contributed by atoms with Gasteiger partial charge in [-0.1, -0.05) is 5.16 Å². The first-order chi connectivity index (χ1) is 10.7. The zero-order chi connectivity index (χ0) is 15.8. The molecule has 126 valence electrons. The Morgan fingerprint density at radius 1 is 1.26 bits per heavy atom. The fraction of sp³-hybridized carbons (Fsp3) is 0.333. The second-order valence-corrected chi connectivity index (χ2v) is 4.60. The second kappa shape index (κ2) is 10.1. The largest absolute Gasteiger partial charge is 0.364 e. The Labute approximate surface area is 150 Å². The molecular formula is C15H19F2IN4O. The van der Waals surface area contributed by atoms with Crippen molar-refractivity contribution in [2.45, 2.75) is 19.9 Å². The second-order valence-electron chi connectivity index (χ2n) is 4.60. The molecule has 2 aromatic rings. The molecule has 0 spiro atoms. The summed E-state index contributed by atoms with van der Waals surface area (Å²) in [7, 11) is 0. The van der Waals surface area contributed by atoms with E-state index in [2.05, 4.69) is 20.8 Å². The van der Waals surface area contributed by atoms with Gasteiger partial charge in [0, 0.05) is 19.2 Å². The van der Waals surface area contributed by atoms with Crippen LogP contribution in [0.1, 0.15) is 18.2 Å². The normalized spacial score (nSPS) is 11.0. The third kappa shape index (κ3) is 6.51. The average molecular weight is 436 g/mol. The number of hydrogen-bond donors (Lipinski definition) is 2. The van der Waals surface area contributed by atoms with Gasteiger partial charge in [-0.15, -0.1) is 24.0 Å². The number of rotatable bonds is 6. The van der Waals surface area contributed by atoms with Crippen LogP contribution in [0, 0.1) is 11.6 Å². The van der Waals surface area contributed by atoms with Gasteiger partial charge >= 0.3 is 0 Å². The summed E-state index contributed by atoms with van der Waals surface area (Å²) in [6, 6.07) is 5.18. The van der Waals surface area contributed by atoms with E-state index >= 15 is 0 Å². The quantitative estimate of drug-likeness (QED) is 0.416. The topological polar surface area (TPSA) is 62.5 Å². The molecule has 8 heteroatoms. The smallest absolute Gasteiger partial charge is 0.191 e. The standard InChI is InChI=1S/C15H18F2N4O.HI/c1-2-18-15(20-10-13-6-8-22-21-13)19-7-5-11-9-12(16)3-4-14(11)17;/h3-4,6,8-9H,2,5,7,10H2,1H3,(H2,18,19,20);1H. The predicted molar refractivity (Wildman–Crippen MR) is 94.8 cm³/mol. The van der Waals surface area contributed by atoms with Gasteiger partial charge in [-0.2, -0.15) is 0 Å². The Morgan fingerprint density at radius 2 is 2.09 bits per heavy atom. The summed E-state index contributed by atoms with van der Waals surface area (Å²) in [5.41, 5.74) is 1.05. The molecule has 2 N–H and O–H groups in total. The highest BCUT2D eigenvalue weighted by Crippen LogP contribution is 2.09. The minimum absolute atomic E-state index is 0. The van der Waals surface area contributed by atoms with E-state index in [0.29, 0.717) is 43.3 Å². The van der Waals surface area contributed by atoms with Crippen LogP contribution in [-0.4, -0.2) is 24.2 Å². The molecular weight excluding hydrogens is 417 g/mol. The monoisotopic (exact) mass is 436 g/mol. The molecule has 23 heavy (non-hydrogen) atoms. The van der Waals surface area contributed by atoms with Crippen molar-refractivity contribution in [1.29, 1.82) is 0 Å². The van der Waals surface area contributed by atoms with Crippen LogP contribution < -0.4 is 10.6 Å². The first kappa shape index (κ1) is 19.3. The molecule has 2 rings (SSSR count). The molecule has 0 unspecified atom stereocenters. The Hall–Kier alpha value is -1.71. The van der Waals surface area contributed by atoms with Gasteiger partial charge in [-0.05, 0) is 37.1 Å². The molecule has 0 amide bonds. The molecule has 0 saturated heterocycles. The number of aromatic nitrogens is 1.